The summed E-state index contributed by atoms with van der Waals surface area (Å²) in [5.41, 5.74) is 2.83. The number of nitrogens with one attached hydrogen (secondary N) is 2. The zero-order valence-corrected chi connectivity index (χ0v) is 13.5. The first-order valence-electron chi connectivity index (χ1n) is 6.55. The highest BCUT2D eigenvalue weighted by Gasteiger charge is 2.20. The van der Waals surface area contributed by atoms with Gasteiger partial charge < -0.3 is 0 Å². The lowest BCUT2D eigenvalue weighted by Crippen LogP contribution is -2.15. The van der Waals surface area contributed by atoms with Crippen LogP contribution in [0.25, 0.3) is 5.69 Å². The van der Waals surface area contributed by atoms with E-state index >= 15 is 0 Å². The highest BCUT2D eigenvalue weighted by Crippen LogP contribution is 2.20. The fraction of sp³-hybridized carbons (Fsp3) is 0.143. The highest BCUT2D eigenvalue weighted by atomic mass is 79.9. The van der Waals surface area contributed by atoms with Crippen molar-refractivity contribution in [2.45, 2.75) is 13.8 Å². The maximum Gasteiger partial charge on any atom is 0.261 e. The van der Waals surface area contributed by atoms with Gasteiger partial charge in [0.2, 0.25) is 5.95 Å². The molecule has 2 N–H and O–H groups in total. The number of aromatic amines is 1. The quantitative estimate of drug-likeness (QED) is 0.751. The fourth-order valence-electron chi connectivity index (χ4n) is 2.24. The van der Waals surface area contributed by atoms with Crippen LogP contribution in [0.5, 0.6) is 0 Å². The molecule has 8 heteroatoms. The van der Waals surface area contributed by atoms with Gasteiger partial charge in [0, 0.05) is 4.47 Å². The van der Waals surface area contributed by atoms with E-state index in [0.717, 1.165) is 15.9 Å². The lowest BCUT2D eigenvalue weighted by atomic mass is 10.2. The molecule has 0 fully saturated rings. The standard InChI is InChI=1S/C14H13BrN6O/c1-8-12(13(22)18-14-16-7-17-19-14)9(2)21(20-8)11-5-3-10(15)4-6-11/h3-7H,1-2H3,(H2,16,17,18,19,22). The Bertz CT molecular complexity index is 807. The molecule has 3 aromatic rings. The number of amides is 1. The average molecular weight is 361 g/mol. The first-order chi connectivity index (χ1) is 10.6. The van der Waals surface area contributed by atoms with Gasteiger partial charge in [0.1, 0.15) is 6.33 Å². The molecule has 0 saturated carbocycles. The van der Waals surface area contributed by atoms with Crippen molar-refractivity contribution in [3.63, 3.8) is 0 Å². The third kappa shape index (κ3) is 2.64. The van der Waals surface area contributed by atoms with E-state index in [0.29, 0.717) is 17.2 Å². The van der Waals surface area contributed by atoms with Crippen LogP contribution >= 0.6 is 15.9 Å². The minimum atomic E-state index is -0.268. The number of halogens is 1. The van der Waals surface area contributed by atoms with Gasteiger partial charge in [0.05, 0.1) is 22.6 Å². The molecule has 0 atom stereocenters. The van der Waals surface area contributed by atoms with Crippen molar-refractivity contribution in [2.24, 2.45) is 0 Å². The molecule has 2 heterocycles. The summed E-state index contributed by atoms with van der Waals surface area (Å²) in [6, 6.07) is 7.73. The molecule has 0 spiro atoms. The van der Waals surface area contributed by atoms with Crippen molar-refractivity contribution < 1.29 is 4.79 Å². The Labute approximate surface area is 134 Å². The molecule has 112 valence electrons. The van der Waals surface area contributed by atoms with E-state index in [2.05, 4.69) is 41.5 Å². The zero-order chi connectivity index (χ0) is 15.7. The molecule has 0 aliphatic carbocycles. The number of carbonyl (C=O) groups is 1. The number of H-pyrrole nitrogens is 1. The van der Waals surface area contributed by atoms with Gasteiger partial charge in [-0.1, -0.05) is 15.9 Å². The molecule has 0 saturated heterocycles. The number of hydrogen-bond donors (Lipinski definition) is 2. The summed E-state index contributed by atoms with van der Waals surface area (Å²) < 4.78 is 2.73. The molecule has 0 bridgehead atoms. The molecule has 1 amide bonds. The minimum Gasteiger partial charge on any atom is -0.291 e. The summed E-state index contributed by atoms with van der Waals surface area (Å²) in [6.07, 6.45) is 1.33. The number of carbonyl (C=O) groups excluding carboxylic acids is 1. The number of anilines is 1. The molecular formula is C14H13BrN6O. The zero-order valence-electron chi connectivity index (χ0n) is 12.0. The first-order valence-corrected chi connectivity index (χ1v) is 7.34. The Morgan fingerprint density at radius 1 is 1.27 bits per heavy atom. The van der Waals surface area contributed by atoms with Crippen molar-refractivity contribution in [3.05, 3.63) is 52.0 Å². The van der Waals surface area contributed by atoms with Crippen LogP contribution in [0.2, 0.25) is 0 Å². The van der Waals surface area contributed by atoms with E-state index in [-0.39, 0.29) is 5.91 Å². The van der Waals surface area contributed by atoms with Crippen molar-refractivity contribution in [2.75, 3.05) is 5.32 Å². The van der Waals surface area contributed by atoms with Gasteiger partial charge in [-0.2, -0.15) is 15.2 Å². The Balaban J connectivity index is 1.96. The van der Waals surface area contributed by atoms with Crippen molar-refractivity contribution >= 4 is 27.8 Å². The first kappa shape index (κ1) is 14.5. The topological polar surface area (TPSA) is 88.5 Å². The normalized spacial score (nSPS) is 10.7. The largest absolute Gasteiger partial charge is 0.291 e. The lowest BCUT2D eigenvalue weighted by molar-refractivity contribution is 0.102. The molecule has 3 rings (SSSR count). The summed E-state index contributed by atoms with van der Waals surface area (Å²) in [7, 11) is 0. The predicted molar refractivity (Wildman–Crippen MR) is 85.1 cm³/mol. The third-order valence-electron chi connectivity index (χ3n) is 3.24. The predicted octanol–water partition coefficient (Wildman–Crippen LogP) is 2.62. The SMILES string of the molecule is Cc1nn(-c2ccc(Br)cc2)c(C)c1C(=O)Nc1ncn[nH]1. The lowest BCUT2D eigenvalue weighted by Gasteiger charge is -2.05. The van der Waals surface area contributed by atoms with Crippen LogP contribution in [-0.2, 0) is 0 Å². The molecular weight excluding hydrogens is 348 g/mol. The summed E-state index contributed by atoms with van der Waals surface area (Å²) in [4.78, 5) is 16.3. The Morgan fingerprint density at radius 3 is 2.64 bits per heavy atom. The van der Waals surface area contributed by atoms with Gasteiger partial charge in [0.15, 0.2) is 0 Å². The van der Waals surface area contributed by atoms with E-state index < -0.39 is 0 Å². The van der Waals surface area contributed by atoms with E-state index in [9.17, 15) is 4.79 Å². The molecule has 0 radical (unpaired) electrons. The second-order valence-corrected chi connectivity index (χ2v) is 5.64. The number of nitrogens with zero attached hydrogens (tertiary/aromatic N) is 4. The molecule has 1 aromatic carbocycles. The van der Waals surface area contributed by atoms with Crippen LogP contribution in [0.4, 0.5) is 5.95 Å². The van der Waals surface area contributed by atoms with Gasteiger partial charge >= 0.3 is 0 Å². The van der Waals surface area contributed by atoms with Crippen LogP contribution in [0.1, 0.15) is 21.7 Å². The highest BCUT2D eigenvalue weighted by molar-refractivity contribution is 9.10. The van der Waals surface area contributed by atoms with Crippen LogP contribution < -0.4 is 5.32 Å². The molecule has 2 aromatic heterocycles. The molecule has 0 aliphatic rings. The summed E-state index contributed by atoms with van der Waals surface area (Å²) >= 11 is 3.40. The van der Waals surface area contributed by atoms with E-state index in [1.807, 2.05) is 31.2 Å². The van der Waals surface area contributed by atoms with Gasteiger partial charge in [-0.05, 0) is 38.1 Å². The summed E-state index contributed by atoms with van der Waals surface area (Å²) in [6.45, 7) is 3.66. The number of rotatable bonds is 3. The number of aryl methyl sites for hydroxylation is 1. The molecule has 0 aliphatic heterocycles. The smallest absolute Gasteiger partial charge is 0.261 e. The number of hydrogen-bond acceptors (Lipinski definition) is 4. The van der Waals surface area contributed by atoms with Crippen molar-refractivity contribution in [1.82, 2.24) is 25.0 Å². The summed E-state index contributed by atoms with van der Waals surface area (Å²) in [5, 5.41) is 13.4. The monoisotopic (exact) mass is 360 g/mol. The molecule has 0 unspecified atom stereocenters. The molecule has 22 heavy (non-hydrogen) atoms. The average Bonchev–Trinajstić information content (AvgIpc) is 3.08. The number of benzene rings is 1. The fourth-order valence-corrected chi connectivity index (χ4v) is 2.51. The van der Waals surface area contributed by atoms with Crippen LogP contribution in [0.15, 0.2) is 35.1 Å². The Kier molecular flexibility index (Phi) is 3.76. The Hall–Kier alpha value is -2.48. The maximum atomic E-state index is 12.4. The maximum absolute atomic E-state index is 12.4. The van der Waals surface area contributed by atoms with Crippen LogP contribution in [-0.4, -0.2) is 30.9 Å². The second-order valence-electron chi connectivity index (χ2n) is 4.72. The van der Waals surface area contributed by atoms with Crippen LogP contribution in [0, 0.1) is 13.8 Å². The van der Waals surface area contributed by atoms with Gasteiger partial charge in [-0.15, -0.1) is 0 Å². The number of aromatic nitrogens is 5. The minimum absolute atomic E-state index is 0.268. The van der Waals surface area contributed by atoms with Crippen molar-refractivity contribution in [1.29, 1.82) is 0 Å². The van der Waals surface area contributed by atoms with E-state index in [1.165, 1.54) is 6.33 Å². The van der Waals surface area contributed by atoms with Gasteiger partial charge in [0.25, 0.3) is 5.91 Å². The molecule has 7 nitrogen and oxygen atoms in total. The van der Waals surface area contributed by atoms with E-state index in [1.54, 1.807) is 11.6 Å². The summed E-state index contributed by atoms with van der Waals surface area (Å²) in [5.74, 6) is 0.0373. The third-order valence-corrected chi connectivity index (χ3v) is 3.77. The van der Waals surface area contributed by atoms with E-state index in [4.69, 9.17) is 0 Å². The Morgan fingerprint density at radius 2 is 2.00 bits per heavy atom. The van der Waals surface area contributed by atoms with Crippen molar-refractivity contribution in [3.8, 4) is 5.69 Å². The second kappa shape index (κ2) is 5.72. The van der Waals surface area contributed by atoms with Crippen LogP contribution in [0.3, 0.4) is 0 Å². The van der Waals surface area contributed by atoms with Gasteiger partial charge in [-0.3, -0.25) is 10.1 Å². The van der Waals surface area contributed by atoms with Gasteiger partial charge in [-0.25, -0.2) is 9.78 Å².